The van der Waals surface area contributed by atoms with Crippen LogP contribution in [0.15, 0.2) is 48.5 Å². The fraction of sp³-hybridized carbons (Fsp3) is 0.143. The zero-order valence-corrected chi connectivity index (χ0v) is 8.44. The zero-order valence-electron chi connectivity index (χ0n) is 8.44. The fourth-order valence-electron chi connectivity index (χ4n) is 2.09. The van der Waals surface area contributed by atoms with Gasteiger partial charge in [0.25, 0.3) is 0 Å². The minimum atomic E-state index is 0.750. The van der Waals surface area contributed by atoms with Crippen molar-refractivity contribution in [3.63, 3.8) is 0 Å². The zero-order chi connectivity index (χ0) is 10.1. The van der Waals surface area contributed by atoms with E-state index < -0.39 is 0 Å². The molecule has 0 atom stereocenters. The van der Waals surface area contributed by atoms with E-state index >= 15 is 0 Å². The van der Waals surface area contributed by atoms with E-state index in [1.807, 2.05) is 6.07 Å². The molecule has 0 saturated carbocycles. The average Bonchev–Trinajstić information content (AvgIpc) is 2.78. The first-order valence-corrected chi connectivity index (χ1v) is 5.19. The molecular weight excluding hydrogens is 184 g/mol. The van der Waals surface area contributed by atoms with E-state index in [2.05, 4.69) is 42.5 Å². The maximum Gasteiger partial charge on any atom is 0.0731 e. The quantitative estimate of drug-likeness (QED) is 0.679. The molecule has 2 aromatic rings. The number of ether oxygens (including phenoxy) is 1. The van der Waals surface area contributed by atoms with Crippen molar-refractivity contribution >= 4 is 0 Å². The number of rotatable bonds is 1. The molecule has 0 aliphatic carbocycles. The minimum Gasteiger partial charge on any atom is -0.372 e. The first kappa shape index (κ1) is 8.69. The largest absolute Gasteiger partial charge is 0.372 e. The van der Waals surface area contributed by atoms with Crippen LogP contribution < -0.4 is 0 Å². The summed E-state index contributed by atoms with van der Waals surface area (Å²) >= 11 is 0. The number of hydrogen-bond acceptors (Lipinski definition) is 1. The van der Waals surface area contributed by atoms with Crippen LogP contribution in [-0.4, -0.2) is 0 Å². The van der Waals surface area contributed by atoms with Crippen LogP contribution >= 0.6 is 0 Å². The molecule has 1 aliphatic heterocycles. The summed E-state index contributed by atoms with van der Waals surface area (Å²) in [6.07, 6.45) is 0. The Morgan fingerprint density at radius 1 is 0.800 bits per heavy atom. The van der Waals surface area contributed by atoms with E-state index in [1.165, 1.54) is 22.3 Å². The lowest BCUT2D eigenvalue weighted by Crippen LogP contribution is -1.87. The third-order valence-electron chi connectivity index (χ3n) is 2.86. The fourth-order valence-corrected chi connectivity index (χ4v) is 2.09. The van der Waals surface area contributed by atoms with Crippen LogP contribution in [0.5, 0.6) is 0 Å². The Bertz CT molecular complexity index is 474. The minimum absolute atomic E-state index is 0.750. The highest BCUT2D eigenvalue weighted by Gasteiger charge is 2.15. The molecule has 0 aromatic heterocycles. The maximum absolute atomic E-state index is 5.48. The predicted molar refractivity (Wildman–Crippen MR) is 60.4 cm³/mol. The topological polar surface area (TPSA) is 9.23 Å². The van der Waals surface area contributed by atoms with Gasteiger partial charge in [0.2, 0.25) is 0 Å². The van der Waals surface area contributed by atoms with Crippen molar-refractivity contribution in [2.75, 3.05) is 0 Å². The van der Waals surface area contributed by atoms with E-state index in [9.17, 15) is 0 Å². The van der Waals surface area contributed by atoms with Crippen molar-refractivity contribution in [2.45, 2.75) is 13.2 Å². The van der Waals surface area contributed by atoms with Gasteiger partial charge in [0.05, 0.1) is 13.2 Å². The van der Waals surface area contributed by atoms with Gasteiger partial charge < -0.3 is 4.74 Å². The molecule has 0 saturated heterocycles. The van der Waals surface area contributed by atoms with E-state index in [-0.39, 0.29) is 0 Å². The molecule has 74 valence electrons. The highest BCUT2D eigenvalue weighted by Crippen LogP contribution is 2.30. The Hall–Kier alpha value is -1.60. The van der Waals surface area contributed by atoms with Crippen LogP contribution in [0.3, 0.4) is 0 Å². The molecule has 0 spiro atoms. The Morgan fingerprint density at radius 2 is 1.67 bits per heavy atom. The monoisotopic (exact) mass is 196 g/mol. The van der Waals surface area contributed by atoms with Crippen molar-refractivity contribution in [3.8, 4) is 11.1 Å². The molecule has 1 aliphatic rings. The van der Waals surface area contributed by atoms with Gasteiger partial charge >= 0.3 is 0 Å². The van der Waals surface area contributed by atoms with Gasteiger partial charge in [0.15, 0.2) is 0 Å². The average molecular weight is 196 g/mol. The molecule has 0 amide bonds. The van der Waals surface area contributed by atoms with Crippen LogP contribution in [0.2, 0.25) is 0 Å². The summed E-state index contributed by atoms with van der Waals surface area (Å²) in [4.78, 5) is 0. The van der Waals surface area contributed by atoms with Crippen LogP contribution in [0.25, 0.3) is 11.1 Å². The van der Waals surface area contributed by atoms with Gasteiger partial charge in [-0.15, -0.1) is 0 Å². The van der Waals surface area contributed by atoms with E-state index in [0.29, 0.717) is 0 Å². The lowest BCUT2D eigenvalue weighted by Gasteiger charge is -2.06. The second-order valence-electron chi connectivity index (χ2n) is 3.80. The van der Waals surface area contributed by atoms with Gasteiger partial charge in [0, 0.05) is 0 Å². The summed E-state index contributed by atoms with van der Waals surface area (Å²) in [6.45, 7) is 1.51. The summed E-state index contributed by atoms with van der Waals surface area (Å²) < 4.78 is 5.48. The maximum atomic E-state index is 5.48. The Kier molecular flexibility index (Phi) is 2.04. The van der Waals surface area contributed by atoms with E-state index in [1.54, 1.807) is 0 Å². The molecule has 0 unspecified atom stereocenters. The number of hydrogen-bond donors (Lipinski definition) is 0. The molecule has 0 radical (unpaired) electrons. The first-order chi connectivity index (χ1) is 7.45. The Morgan fingerprint density at radius 3 is 2.53 bits per heavy atom. The molecular formula is C14H12O. The SMILES string of the molecule is c1ccc(-c2cccc3c2COC3)cc1. The van der Waals surface area contributed by atoms with E-state index in [0.717, 1.165) is 13.2 Å². The van der Waals surface area contributed by atoms with Crippen LogP contribution in [0.4, 0.5) is 0 Å². The van der Waals surface area contributed by atoms with Gasteiger partial charge in [-0.3, -0.25) is 0 Å². The number of fused-ring (bicyclic) bond motifs is 1. The standard InChI is InChI=1S/C14H12O/c1-2-5-11(6-3-1)13-8-4-7-12-9-15-10-14(12)13/h1-8H,9-10H2. The van der Waals surface area contributed by atoms with Crippen molar-refractivity contribution in [1.82, 2.24) is 0 Å². The van der Waals surface area contributed by atoms with Gasteiger partial charge in [-0.2, -0.15) is 0 Å². The third kappa shape index (κ3) is 1.45. The lowest BCUT2D eigenvalue weighted by molar-refractivity contribution is 0.134. The van der Waals surface area contributed by atoms with Crippen LogP contribution in [0.1, 0.15) is 11.1 Å². The second kappa shape index (κ2) is 3.52. The summed E-state index contributed by atoms with van der Waals surface area (Å²) in [5, 5.41) is 0. The molecule has 0 bridgehead atoms. The summed E-state index contributed by atoms with van der Waals surface area (Å²) in [7, 11) is 0. The smallest absolute Gasteiger partial charge is 0.0731 e. The first-order valence-electron chi connectivity index (χ1n) is 5.19. The van der Waals surface area contributed by atoms with Crippen LogP contribution in [-0.2, 0) is 18.0 Å². The number of benzene rings is 2. The van der Waals surface area contributed by atoms with E-state index in [4.69, 9.17) is 4.74 Å². The summed E-state index contributed by atoms with van der Waals surface area (Å²) in [5.74, 6) is 0. The molecule has 0 fully saturated rings. The van der Waals surface area contributed by atoms with Crippen molar-refractivity contribution in [3.05, 3.63) is 59.7 Å². The van der Waals surface area contributed by atoms with Gasteiger partial charge in [-0.05, 0) is 22.3 Å². The van der Waals surface area contributed by atoms with Gasteiger partial charge in [-0.1, -0.05) is 48.5 Å². The second-order valence-corrected chi connectivity index (χ2v) is 3.80. The Labute approximate surface area is 89.3 Å². The third-order valence-corrected chi connectivity index (χ3v) is 2.86. The highest BCUT2D eigenvalue weighted by atomic mass is 16.5. The summed E-state index contributed by atoms with van der Waals surface area (Å²) in [6, 6.07) is 16.9. The normalized spacial score (nSPS) is 13.9. The van der Waals surface area contributed by atoms with Crippen molar-refractivity contribution in [1.29, 1.82) is 0 Å². The molecule has 15 heavy (non-hydrogen) atoms. The van der Waals surface area contributed by atoms with Gasteiger partial charge in [-0.25, -0.2) is 0 Å². The Balaban J connectivity index is 2.17. The molecule has 1 heterocycles. The molecule has 3 rings (SSSR count). The van der Waals surface area contributed by atoms with Crippen molar-refractivity contribution < 1.29 is 4.74 Å². The lowest BCUT2D eigenvalue weighted by atomic mass is 9.97. The predicted octanol–water partition coefficient (Wildman–Crippen LogP) is 3.38. The molecule has 1 heteroatoms. The molecule has 2 aromatic carbocycles. The van der Waals surface area contributed by atoms with Gasteiger partial charge in [0.1, 0.15) is 0 Å². The van der Waals surface area contributed by atoms with Crippen LogP contribution in [0, 0.1) is 0 Å². The van der Waals surface area contributed by atoms with Crippen molar-refractivity contribution in [2.24, 2.45) is 0 Å². The highest BCUT2D eigenvalue weighted by molar-refractivity contribution is 5.68. The molecule has 0 N–H and O–H groups in total. The summed E-state index contributed by atoms with van der Waals surface area (Å²) in [5.41, 5.74) is 5.27. The molecule has 1 nitrogen and oxygen atoms in total.